The summed E-state index contributed by atoms with van der Waals surface area (Å²) in [6, 6.07) is 5.94. The first-order chi connectivity index (χ1) is 8.04. The van der Waals surface area contributed by atoms with E-state index in [9.17, 15) is 0 Å². The molecular weight excluding hydrogens is 253 g/mol. The predicted octanol–water partition coefficient (Wildman–Crippen LogP) is 5.08. The second-order valence-electron chi connectivity index (χ2n) is 4.69. The fraction of sp³-hybridized carbons (Fsp3) is 0.571. The van der Waals surface area contributed by atoms with Crippen molar-refractivity contribution >= 4 is 23.2 Å². The van der Waals surface area contributed by atoms with Crippen molar-refractivity contribution in [2.24, 2.45) is 5.92 Å². The Hall–Kier alpha value is -0.240. The number of hydrogen-bond donors (Lipinski definition) is 1. The molecule has 2 atom stereocenters. The molecule has 1 rings (SSSR count). The van der Waals surface area contributed by atoms with Gasteiger partial charge in [0.05, 0.1) is 0 Å². The Morgan fingerprint density at radius 1 is 1.24 bits per heavy atom. The second-order valence-corrected chi connectivity index (χ2v) is 5.53. The molecule has 0 saturated carbocycles. The highest BCUT2D eigenvalue weighted by Gasteiger charge is 2.10. The maximum absolute atomic E-state index is 6.18. The highest BCUT2D eigenvalue weighted by atomic mass is 35.5. The predicted molar refractivity (Wildman–Crippen MR) is 77.0 cm³/mol. The molecule has 0 aliphatic rings. The van der Waals surface area contributed by atoms with Gasteiger partial charge in [-0.15, -0.1) is 0 Å². The molecule has 0 radical (unpaired) electrons. The van der Waals surface area contributed by atoms with Gasteiger partial charge < -0.3 is 5.32 Å². The van der Waals surface area contributed by atoms with Crippen molar-refractivity contribution in [2.45, 2.75) is 39.7 Å². The van der Waals surface area contributed by atoms with Crippen LogP contribution in [0.5, 0.6) is 0 Å². The highest BCUT2D eigenvalue weighted by Crippen LogP contribution is 2.26. The summed E-state index contributed by atoms with van der Waals surface area (Å²) in [7, 11) is 0. The third kappa shape index (κ3) is 4.87. The molecule has 0 aliphatic carbocycles. The molecule has 0 aliphatic heterocycles. The number of halogens is 2. The van der Waals surface area contributed by atoms with Gasteiger partial charge in [0.25, 0.3) is 0 Å². The molecule has 0 spiro atoms. The lowest BCUT2D eigenvalue weighted by atomic mass is 10.0. The molecule has 96 valence electrons. The summed E-state index contributed by atoms with van der Waals surface area (Å²) >= 11 is 12.1. The molecule has 0 aromatic heterocycles. The Morgan fingerprint density at radius 3 is 2.53 bits per heavy atom. The minimum atomic E-state index is 0.263. The van der Waals surface area contributed by atoms with E-state index in [0.29, 0.717) is 10.9 Å². The van der Waals surface area contributed by atoms with Gasteiger partial charge in [-0.05, 0) is 43.5 Å². The van der Waals surface area contributed by atoms with Crippen molar-refractivity contribution < 1.29 is 0 Å². The largest absolute Gasteiger partial charge is 0.310 e. The van der Waals surface area contributed by atoms with E-state index in [1.54, 1.807) is 6.07 Å². The van der Waals surface area contributed by atoms with Crippen molar-refractivity contribution in [3.63, 3.8) is 0 Å². The summed E-state index contributed by atoms with van der Waals surface area (Å²) < 4.78 is 0. The van der Waals surface area contributed by atoms with Crippen LogP contribution in [0.15, 0.2) is 18.2 Å². The van der Waals surface area contributed by atoms with Crippen molar-refractivity contribution in [3.8, 4) is 0 Å². The zero-order valence-corrected chi connectivity index (χ0v) is 12.3. The molecular formula is C14H21Cl2N. The Labute approximate surface area is 115 Å². The molecule has 17 heavy (non-hydrogen) atoms. The molecule has 1 aromatic carbocycles. The SMILES string of the molecule is CCCC(C)CNC(C)c1ccc(Cl)cc1Cl. The average Bonchev–Trinajstić information content (AvgIpc) is 2.26. The van der Waals surface area contributed by atoms with Crippen molar-refractivity contribution in [1.82, 2.24) is 5.32 Å². The van der Waals surface area contributed by atoms with Gasteiger partial charge in [-0.25, -0.2) is 0 Å². The van der Waals surface area contributed by atoms with Gasteiger partial charge in [0, 0.05) is 16.1 Å². The van der Waals surface area contributed by atoms with Crippen LogP contribution in [-0.4, -0.2) is 6.54 Å². The summed E-state index contributed by atoms with van der Waals surface area (Å²) in [6.45, 7) is 7.64. The molecule has 0 saturated heterocycles. The van der Waals surface area contributed by atoms with Crippen LogP contribution in [0.3, 0.4) is 0 Å². The Bertz CT molecular complexity index is 352. The van der Waals surface area contributed by atoms with E-state index in [1.165, 1.54) is 12.8 Å². The first-order valence-electron chi connectivity index (χ1n) is 6.23. The first kappa shape index (κ1) is 14.8. The van der Waals surface area contributed by atoms with Crippen LogP contribution in [0.1, 0.15) is 45.2 Å². The van der Waals surface area contributed by atoms with Crippen LogP contribution in [0.25, 0.3) is 0 Å². The van der Waals surface area contributed by atoms with E-state index in [1.807, 2.05) is 12.1 Å². The van der Waals surface area contributed by atoms with Crippen molar-refractivity contribution in [1.29, 1.82) is 0 Å². The molecule has 1 aromatic rings. The molecule has 0 fully saturated rings. The van der Waals surface area contributed by atoms with E-state index in [4.69, 9.17) is 23.2 Å². The number of nitrogens with one attached hydrogen (secondary N) is 1. The van der Waals surface area contributed by atoms with Crippen LogP contribution in [0, 0.1) is 5.92 Å². The Morgan fingerprint density at radius 2 is 1.94 bits per heavy atom. The minimum absolute atomic E-state index is 0.263. The lowest BCUT2D eigenvalue weighted by molar-refractivity contribution is 0.444. The standard InChI is InChI=1S/C14H21Cl2N/c1-4-5-10(2)9-17-11(3)13-7-6-12(15)8-14(13)16/h6-8,10-11,17H,4-5,9H2,1-3H3. The van der Waals surface area contributed by atoms with Gasteiger partial charge in [-0.2, -0.15) is 0 Å². The first-order valence-corrected chi connectivity index (χ1v) is 6.98. The van der Waals surface area contributed by atoms with Gasteiger partial charge >= 0.3 is 0 Å². The summed E-state index contributed by atoms with van der Waals surface area (Å²) in [4.78, 5) is 0. The van der Waals surface area contributed by atoms with Crippen molar-refractivity contribution in [3.05, 3.63) is 33.8 Å². The van der Waals surface area contributed by atoms with Gasteiger partial charge in [-0.3, -0.25) is 0 Å². The van der Waals surface area contributed by atoms with Crippen LogP contribution in [0.4, 0.5) is 0 Å². The van der Waals surface area contributed by atoms with Crippen molar-refractivity contribution in [2.75, 3.05) is 6.54 Å². The maximum Gasteiger partial charge on any atom is 0.0468 e. The monoisotopic (exact) mass is 273 g/mol. The highest BCUT2D eigenvalue weighted by molar-refractivity contribution is 6.35. The molecule has 3 heteroatoms. The molecule has 1 N–H and O–H groups in total. The fourth-order valence-electron chi connectivity index (χ4n) is 1.94. The summed E-state index contributed by atoms with van der Waals surface area (Å²) in [6.07, 6.45) is 2.49. The van der Waals surface area contributed by atoms with E-state index in [-0.39, 0.29) is 6.04 Å². The van der Waals surface area contributed by atoms with Crippen LogP contribution in [0.2, 0.25) is 10.0 Å². The minimum Gasteiger partial charge on any atom is -0.310 e. The quantitative estimate of drug-likeness (QED) is 0.762. The zero-order chi connectivity index (χ0) is 12.8. The number of benzene rings is 1. The molecule has 0 amide bonds. The van der Waals surface area contributed by atoms with E-state index < -0.39 is 0 Å². The number of hydrogen-bond acceptors (Lipinski definition) is 1. The lowest BCUT2D eigenvalue weighted by Crippen LogP contribution is -2.24. The van der Waals surface area contributed by atoms with Crippen LogP contribution in [-0.2, 0) is 0 Å². The van der Waals surface area contributed by atoms with E-state index >= 15 is 0 Å². The Balaban J connectivity index is 2.54. The van der Waals surface area contributed by atoms with E-state index in [2.05, 4.69) is 26.1 Å². The normalized spacial score (nSPS) is 14.6. The summed E-state index contributed by atoms with van der Waals surface area (Å²) in [5, 5.41) is 4.94. The van der Waals surface area contributed by atoms with E-state index in [0.717, 1.165) is 17.1 Å². The lowest BCUT2D eigenvalue weighted by Gasteiger charge is -2.18. The van der Waals surface area contributed by atoms with Gasteiger partial charge in [0.1, 0.15) is 0 Å². The third-order valence-electron chi connectivity index (χ3n) is 2.98. The average molecular weight is 274 g/mol. The summed E-state index contributed by atoms with van der Waals surface area (Å²) in [5.41, 5.74) is 1.11. The maximum atomic E-state index is 6.18. The molecule has 1 nitrogen and oxygen atoms in total. The smallest absolute Gasteiger partial charge is 0.0468 e. The second kappa shape index (κ2) is 7.25. The molecule has 0 bridgehead atoms. The third-order valence-corrected chi connectivity index (χ3v) is 3.55. The number of rotatable bonds is 6. The van der Waals surface area contributed by atoms with Crippen LogP contribution >= 0.6 is 23.2 Å². The van der Waals surface area contributed by atoms with Crippen LogP contribution < -0.4 is 5.32 Å². The van der Waals surface area contributed by atoms with Gasteiger partial charge in [0.15, 0.2) is 0 Å². The molecule has 2 unspecified atom stereocenters. The summed E-state index contributed by atoms with van der Waals surface area (Å²) in [5.74, 6) is 0.702. The topological polar surface area (TPSA) is 12.0 Å². The molecule has 0 heterocycles. The van der Waals surface area contributed by atoms with Gasteiger partial charge in [0.2, 0.25) is 0 Å². The zero-order valence-electron chi connectivity index (χ0n) is 10.8. The Kier molecular flexibility index (Phi) is 6.32. The fourth-order valence-corrected chi connectivity index (χ4v) is 2.51. The van der Waals surface area contributed by atoms with Gasteiger partial charge in [-0.1, -0.05) is 49.5 Å².